The van der Waals surface area contributed by atoms with Crippen LogP contribution in [0.4, 0.5) is 0 Å². The van der Waals surface area contributed by atoms with E-state index in [1.54, 1.807) is 12.3 Å². The highest BCUT2D eigenvalue weighted by Crippen LogP contribution is 2.22. The van der Waals surface area contributed by atoms with Gasteiger partial charge in [0.1, 0.15) is 5.75 Å². The maximum atomic E-state index is 9.86. The summed E-state index contributed by atoms with van der Waals surface area (Å²) in [5, 5.41) is 9.86. The van der Waals surface area contributed by atoms with E-state index < -0.39 is 0 Å². The van der Waals surface area contributed by atoms with E-state index in [-0.39, 0.29) is 11.8 Å². The molecule has 3 nitrogen and oxygen atoms in total. The number of aliphatic imine (C=N–C) groups is 1. The van der Waals surface area contributed by atoms with Crippen molar-refractivity contribution >= 4 is 22.1 Å². The Morgan fingerprint density at radius 3 is 2.48 bits per heavy atom. The number of hydrogen-bond donors (Lipinski definition) is 1. The second-order valence-corrected chi connectivity index (χ2v) is 6.69. The van der Waals surface area contributed by atoms with Gasteiger partial charge in [-0.15, -0.1) is 0 Å². The van der Waals surface area contributed by atoms with Crippen LogP contribution >= 0.6 is 15.9 Å². The topological polar surface area (TPSA) is 35.8 Å². The van der Waals surface area contributed by atoms with E-state index in [9.17, 15) is 5.11 Å². The van der Waals surface area contributed by atoms with Crippen molar-refractivity contribution in [2.45, 2.75) is 19.4 Å². The number of nitrogens with zero attached hydrogens (tertiary/aromatic N) is 2. The van der Waals surface area contributed by atoms with Crippen LogP contribution in [0.3, 0.4) is 0 Å². The molecule has 0 aliphatic rings. The molecule has 0 heterocycles. The lowest BCUT2D eigenvalue weighted by atomic mass is 10.0. The van der Waals surface area contributed by atoms with Crippen molar-refractivity contribution in [2.75, 3.05) is 20.6 Å². The first-order valence-electron chi connectivity index (χ1n) is 7.75. The molecule has 1 N–H and O–H groups in total. The SMILES string of the molecule is CCc1ccc([C@H](CN=Cc2cc(Br)ccc2O)N(C)C)cc1. The molecule has 0 saturated carbocycles. The number of rotatable bonds is 6. The third-order valence-electron chi connectivity index (χ3n) is 3.89. The van der Waals surface area contributed by atoms with Crippen LogP contribution in [-0.4, -0.2) is 36.9 Å². The van der Waals surface area contributed by atoms with Gasteiger partial charge in [0.05, 0.1) is 12.6 Å². The van der Waals surface area contributed by atoms with Gasteiger partial charge in [-0.25, -0.2) is 0 Å². The lowest BCUT2D eigenvalue weighted by molar-refractivity contribution is 0.307. The van der Waals surface area contributed by atoms with Gasteiger partial charge in [-0.2, -0.15) is 0 Å². The van der Waals surface area contributed by atoms with E-state index in [0.29, 0.717) is 6.54 Å². The number of benzene rings is 2. The highest BCUT2D eigenvalue weighted by Gasteiger charge is 2.13. The number of hydrogen-bond acceptors (Lipinski definition) is 3. The Bertz CT molecular complexity index is 666. The third-order valence-corrected chi connectivity index (χ3v) is 4.39. The van der Waals surface area contributed by atoms with Crippen LogP contribution in [0.5, 0.6) is 5.75 Å². The number of phenolic OH excluding ortho intramolecular Hbond substituents is 1. The summed E-state index contributed by atoms with van der Waals surface area (Å²) < 4.78 is 0.927. The molecule has 0 aliphatic heterocycles. The van der Waals surface area contributed by atoms with E-state index in [0.717, 1.165) is 16.5 Å². The molecule has 0 aromatic heterocycles. The van der Waals surface area contributed by atoms with Crippen LogP contribution in [0.15, 0.2) is 51.9 Å². The summed E-state index contributed by atoms with van der Waals surface area (Å²) in [4.78, 5) is 6.70. The Morgan fingerprint density at radius 2 is 1.87 bits per heavy atom. The van der Waals surface area contributed by atoms with E-state index in [1.165, 1.54) is 11.1 Å². The van der Waals surface area contributed by atoms with Gasteiger partial charge < -0.3 is 10.0 Å². The number of aromatic hydroxyl groups is 1. The van der Waals surface area contributed by atoms with Gasteiger partial charge in [-0.05, 0) is 49.8 Å². The maximum absolute atomic E-state index is 9.86. The van der Waals surface area contributed by atoms with Crippen LogP contribution < -0.4 is 0 Å². The van der Waals surface area contributed by atoms with Crippen LogP contribution in [0.1, 0.15) is 29.7 Å². The molecule has 0 amide bonds. The van der Waals surface area contributed by atoms with Gasteiger partial charge in [-0.3, -0.25) is 4.99 Å². The normalized spacial score (nSPS) is 12.9. The second kappa shape index (κ2) is 8.27. The molecule has 0 spiro atoms. The fraction of sp³-hybridized carbons (Fsp3) is 0.316. The maximum Gasteiger partial charge on any atom is 0.124 e. The van der Waals surface area contributed by atoms with Gasteiger partial charge in [0.25, 0.3) is 0 Å². The van der Waals surface area contributed by atoms with E-state index >= 15 is 0 Å². The molecule has 23 heavy (non-hydrogen) atoms. The van der Waals surface area contributed by atoms with Gasteiger partial charge in [0.15, 0.2) is 0 Å². The van der Waals surface area contributed by atoms with Crippen LogP contribution in [-0.2, 0) is 6.42 Å². The highest BCUT2D eigenvalue weighted by molar-refractivity contribution is 9.10. The summed E-state index contributed by atoms with van der Waals surface area (Å²) >= 11 is 3.41. The molecule has 0 bridgehead atoms. The van der Waals surface area contributed by atoms with Crippen molar-refractivity contribution in [3.05, 3.63) is 63.6 Å². The predicted molar refractivity (Wildman–Crippen MR) is 101 cm³/mol. The lowest BCUT2D eigenvalue weighted by Crippen LogP contribution is -2.22. The largest absolute Gasteiger partial charge is 0.507 e. The summed E-state index contributed by atoms with van der Waals surface area (Å²) in [7, 11) is 4.12. The van der Waals surface area contributed by atoms with Crippen LogP contribution in [0, 0.1) is 0 Å². The molecule has 0 fully saturated rings. The van der Waals surface area contributed by atoms with E-state index in [4.69, 9.17) is 0 Å². The Labute approximate surface area is 146 Å². The molecule has 1 atom stereocenters. The molecule has 0 aliphatic carbocycles. The Balaban J connectivity index is 2.13. The average molecular weight is 375 g/mol. The molecule has 0 saturated heterocycles. The summed E-state index contributed by atoms with van der Waals surface area (Å²) in [5.41, 5.74) is 3.31. The Morgan fingerprint density at radius 1 is 1.17 bits per heavy atom. The smallest absolute Gasteiger partial charge is 0.124 e. The fourth-order valence-electron chi connectivity index (χ4n) is 2.42. The van der Waals surface area contributed by atoms with Crippen molar-refractivity contribution in [1.29, 1.82) is 0 Å². The minimum Gasteiger partial charge on any atom is -0.507 e. The molecule has 2 aromatic carbocycles. The van der Waals surface area contributed by atoms with Crippen molar-refractivity contribution in [1.82, 2.24) is 4.90 Å². The van der Waals surface area contributed by atoms with Crippen LogP contribution in [0.25, 0.3) is 0 Å². The zero-order valence-corrected chi connectivity index (χ0v) is 15.4. The van der Waals surface area contributed by atoms with Crippen molar-refractivity contribution in [3.8, 4) is 5.75 Å². The molecule has 4 heteroatoms. The minimum atomic E-state index is 0.214. The first-order chi connectivity index (χ1) is 11.0. The molecular weight excluding hydrogens is 352 g/mol. The fourth-order valence-corrected chi connectivity index (χ4v) is 2.80. The highest BCUT2D eigenvalue weighted by atomic mass is 79.9. The monoisotopic (exact) mass is 374 g/mol. The third kappa shape index (κ3) is 4.91. The predicted octanol–water partition coefficient (Wildman–Crippen LogP) is 4.44. The summed E-state index contributed by atoms with van der Waals surface area (Å²) in [6.45, 7) is 2.80. The zero-order chi connectivity index (χ0) is 16.8. The Kier molecular flexibility index (Phi) is 6.37. The Hall–Kier alpha value is -1.65. The quantitative estimate of drug-likeness (QED) is 0.758. The number of halogens is 1. The van der Waals surface area contributed by atoms with Crippen molar-refractivity contribution in [3.63, 3.8) is 0 Å². The van der Waals surface area contributed by atoms with Gasteiger partial charge in [0.2, 0.25) is 0 Å². The second-order valence-electron chi connectivity index (χ2n) is 5.77. The molecule has 0 radical (unpaired) electrons. The lowest BCUT2D eigenvalue weighted by Gasteiger charge is -2.23. The van der Waals surface area contributed by atoms with Gasteiger partial charge in [-0.1, -0.05) is 47.1 Å². The zero-order valence-electron chi connectivity index (χ0n) is 13.8. The van der Waals surface area contributed by atoms with E-state index in [2.05, 4.69) is 71.1 Å². The standard InChI is InChI=1S/C19H23BrN2O/c1-4-14-5-7-15(8-6-14)18(22(2)3)13-21-12-16-11-17(20)9-10-19(16)23/h5-12,18,23H,4,13H2,1-3H3/t18-/m0/s1. The molecular formula is C19H23BrN2O. The summed E-state index contributed by atoms with van der Waals surface area (Å²) in [6, 6.07) is 14.3. The minimum absolute atomic E-state index is 0.214. The van der Waals surface area contributed by atoms with Gasteiger partial charge >= 0.3 is 0 Å². The number of phenols is 1. The average Bonchev–Trinajstić information content (AvgIpc) is 2.54. The van der Waals surface area contributed by atoms with Crippen molar-refractivity contribution in [2.24, 2.45) is 4.99 Å². The van der Waals surface area contributed by atoms with Crippen molar-refractivity contribution < 1.29 is 5.11 Å². The molecule has 2 aromatic rings. The molecule has 122 valence electrons. The summed E-state index contributed by atoms with van der Waals surface area (Å²) in [6.07, 6.45) is 2.78. The van der Waals surface area contributed by atoms with Crippen LogP contribution in [0.2, 0.25) is 0 Å². The van der Waals surface area contributed by atoms with Gasteiger partial charge in [0, 0.05) is 16.3 Å². The van der Waals surface area contributed by atoms with E-state index in [1.807, 2.05) is 12.1 Å². The first kappa shape index (κ1) is 17.7. The number of aryl methyl sites for hydroxylation is 1. The summed E-state index contributed by atoms with van der Waals surface area (Å²) in [5.74, 6) is 0.241. The number of likely N-dealkylation sites (N-methyl/N-ethyl adjacent to an activating group) is 1. The molecule has 0 unspecified atom stereocenters. The first-order valence-corrected chi connectivity index (χ1v) is 8.54. The molecule has 2 rings (SSSR count).